The highest BCUT2D eigenvalue weighted by atomic mass is 79.9. The molecular weight excluding hydrogens is 290 g/mol. The van der Waals surface area contributed by atoms with Crippen LogP contribution in [-0.4, -0.2) is 26.8 Å². The third kappa shape index (κ3) is 3.81. The topological polar surface area (TPSA) is 21.3 Å². The number of methoxy groups -OCH3 is 1. The molecule has 3 heteroatoms. The summed E-state index contributed by atoms with van der Waals surface area (Å²) in [7, 11) is 1.75. The fourth-order valence-corrected chi connectivity index (χ4v) is 2.82. The summed E-state index contributed by atoms with van der Waals surface area (Å²) in [5.41, 5.74) is 1.94. The summed E-state index contributed by atoms with van der Waals surface area (Å²) < 4.78 is 6.19. The van der Waals surface area contributed by atoms with E-state index in [0.717, 1.165) is 30.1 Å². The number of nitrogens with one attached hydrogen (secondary N) is 1. The van der Waals surface area contributed by atoms with E-state index in [1.165, 1.54) is 18.4 Å². The highest BCUT2D eigenvalue weighted by molar-refractivity contribution is 9.10. The lowest BCUT2D eigenvalue weighted by Gasteiger charge is -2.12. The maximum absolute atomic E-state index is 5.04. The summed E-state index contributed by atoms with van der Waals surface area (Å²) >= 11 is 3.48. The summed E-state index contributed by atoms with van der Waals surface area (Å²) in [6.07, 6.45) is 2.53. The average molecular weight is 312 g/mol. The number of hydrogen-bond acceptors (Lipinski definition) is 2. The molecule has 0 radical (unpaired) electrons. The van der Waals surface area contributed by atoms with Gasteiger partial charge in [0.15, 0.2) is 0 Å². The molecule has 0 bridgehead atoms. The minimum atomic E-state index is 0.494. The molecule has 1 N–H and O–H groups in total. The fourth-order valence-electron chi connectivity index (χ4n) is 2.56. The smallest absolute Gasteiger partial charge is 0.0587 e. The Labute approximate surface area is 118 Å². The minimum absolute atomic E-state index is 0.494. The first-order chi connectivity index (χ1) is 8.64. The molecule has 1 aromatic carbocycles. The molecule has 0 spiro atoms. The summed E-state index contributed by atoms with van der Waals surface area (Å²) in [6, 6.07) is 8.71. The quantitative estimate of drug-likeness (QED) is 0.780. The summed E-state index contributed by atoms with van der Waals surface area (Å²) in [6.45, 7) is 5.28. The minimum Gasteiger partial charge on any atom is -0.383 e. The van der Waals surface area contributed by atoms with Crippen molar-refractivity contribution in [3.8, 4) is 0 Å². The summed E-state index contributed by atoms with van der Waals surface area (Å²) in [4.78, 5) is 0. The first-order valence-corrected chi connectivity index (χ1v) is 7.37. The predicted octanol–water partition coefficient (Wildman–Crippen LogP) is 3.25. The van der Waals surface area contributed by atoms with Gasteiger partial charge in [-0.05, 0) is 48.4 Å². The van der Waals surface area contributed by atoms with Crippen molar-refractivity contribution >= 4 is 15.9 Å². The standard InChI is InChI=1S/C15H22BrNO/c1-15(9-12-3-5-14(16)6-4-12)10-13(15)11-17-7-8-18-2/h3-6,13,17H,7-11H2,1-2H3. The number of rotatable bonds is 7. The van der Waals surface area contributed by atoms with Crippen molar-refractivity contribution in [3.05, 3.63) is 34.3 Å². The van der Waals surface area contributed by atoms with E-state index in [4.69, 9.17) is 4.74 Å². The van der Waals surface area contributed by atoms with Gasteiger partial charge in [-0.2, -0.15) is 0 Å². The van der Waals surface area contributed by atoms with E-state index in [1.807, 2.05) is 0 Å². The van der Waals surface area contributed by atoms with Crippen LogP contribution in [0.2, 0.25) is 0 Å². The van der Waals surface area contributed by atoms with Crippen molar-refractivity contribution in [2.75, 3.05) is 26.8 Å². The molecule has 2 unspecified atom stereocenters. The van der Waals surface area contributed by atoms with Crippen LogP contribution in [0.25, 0.3) is 0 Å². The second kappa shape index (κ2) is 6.18. The van der Waals surface area contributed by atoms with Crippen molar-refractivity contribution < 1.29 is 4.74 Å². The molecule has 1 saturated carbocycles. The molecule has 0 aliphatic heterocycles. The summed E-state index contributed by atoms with van der Waals surface area (Å²) in [5.74, 6) is 0.818. The lowest BCUT2D eigenvalue weighted by atomic mass is 9.96. The van der Waals surface area contributed by atoms with Gasteiger partial charge in [0.05, 0.1) is 6.61 Å². The largest absolute Gasteiger partial charge is 0.383 e. The van der Waals surface area contributed by atoms with Crippen molar-refractivity contribution in [1.82, 2.24) is 5.32 Å². The van der Waals surface area contributed by atoms with Gasteiger partial charge in [-0.25, -0.2) is 0 Å². The van der Waals surface area contributed by atoms with Gasteiger partial charge in [0, 0.05) is 18.1 Å². The van der Waals surface area contributed by atoms with Crippen LogP contribution in [0.4, 0.5) is 0 Å². The van der Waals surface area contributed by atoms with Gasteiger partial charge < -0.3 is 10.1 Å². The Bertz CT molecular complexity index is 379. The molecule has 2 rings (SSSR count). The lowest BCUT2D eigenvalue weighted by molar-refractivity contribution is 0.198. The van der Waals surface area contributed by atoms with Crippen LogP contribution in [0.3, 0.4) is 0 Å². The highest BCUT2D eigenvalue weighted by Crippen LogP contribution is 2.53. The van der Waals surface area contributed by atoms with Gasteiger partial charge in [-0.1, -0.05) is 35.0 Å². The Morgan fingerprint density at radius 2 is 2.11 bits per heavy atom. The molecule has 1 aliphatic rings. The Morgan fingerprint density at radius 3 is 2.78 bits per heavy atom. The normalized spacial score (nSPS) is 26.3. The van der Waals surface area contributed by atoms with Crippen LogP contribution in [0, 0.1) is 11.3 Å². The summed E-state index contributed by atoms with van der Waals surface area (Å²) in [5, 5.41) is 3.47. The van der Waals surface area contributed by atoms with Crippen molar-refractivity contribution in [1.29, 1.82) is 0 Å². The maximum atomic E-state index is 5.04. The van der Waals surface area contributed by atoms with Crippen LogP contribution in [-0.2, 0) is 11.2 Å². The monoisotopic (exact) mass is 311 g/mol. The zero-order valence-electron chi connectivity index (χ0n) is 11.2. The Hall–Kier alpha value is -0.380. The van der Waals surface area contributed by atoms with Crippen LogP contribution in [0.1, 0.15) is 18.9 Å². The zero-order chi connectivity index (χ0) is 13.0. The van der Waals surface area contributed by atoms with Crippen LogP contribution < -0.4 is 5.32 Å². The molecule has 1 aliphatic carbocycles. The number of benzene rings is 1. The Balaban J connectivity index is 1.75. The second-order valence-electron chi connectivity index (χ2n) is 5.56. The van der Waals surface area contributed by atoms with E-state index in [2.05, 4.69) is 52.4 Å². The molecule has 1 fully saturated rings. The molecule has 0 heterocycles. The Kier molecular flexibility index (Phi) is 4.82. The van der Waals surface area contributed by atoms with Gasteiger partial charge in [0.2, 0.25) is 0 Å². The fraction of sp³-hybridized carbons (Fsp3) is 0.600. The first kappa shape index (κ1) is 14.0. The predicted molar refractivity (Wildman–Crippen MR) is 78.8 cm³/mol. The van der Waals surface area contributed by atoms with E-state index >= 15 is 0 Å². The van der Waals surface area contributed by atoms with Gasteiger partial charge in [0.25, 0.3) is 0 Å². The SMILES string of the molecule is COCCNCC1CC1(C)Cc1ccc(Br)cc1. The molecule has 0 saturated heterocycles. The first-order valence-electron chi connectivity index (χ1n) is 6.58. The van der Waals surface area contributed by atoms with E-state index < -0.39 is 0 Å². The van der Waals surface area contributed by atoms with Crippen molar-refractivity contribution in [3.63, 3.8) is 0 Å². The van der Waals surface area contributed by atoms with E-state index in [9.17, 15) is 0 Å². The maximum Gasteiger partial charge on any atom is 0.0587 e. The Morgan fingerprint density at radius 1 is 1.39 bits per heavy atom. The third-order valence-corrected chi connectivity index (χ3v) is 4.46. The third-order valence-electron chi connectivity index (χ3n) is 3.93. The van der Waals surface area contributed by atoms with Gasteiger partial charge in [-0.15, -0.1) is 0 Å². The van der Waals surface area contributed by atoms with Crippen LogP contribution >= 0.6 is 15.9 Å². The zero-order valence-corrected chi connectivity index (χ0v) is 12.8. The highest BCUT2D eigenvalue weighted by Gasteiger charge is 2.48. The molecule has 100 valence electrons. The van der Waals surface area contributed by atoms with Gasteiger partial charge in [0.1, 0.15) is 0 Å². The molecule has 2 atom stereocenters. The van der Waals surface area contributed by atoms with Crippen molar-refractivity contribution in [2.24, 2.45) is 11.3 Å². The number of hydrogen-bond donors (Lipinski definition) is 1. The van der Waals surface area contributed by atoms with Crippen molar-refractivity contribution in [2.45, 2.75) is 19.8 Å². The van der Waals surface area contributed by atoms with E-state index in [-0.39, 0.29) is 0 Å². The molecule has 18 heavy (non-hydrogen) atoms. The van der Waals surface area contributed by atoms with Crippen LogP contribution in [0.5, 0.6) is 0 Å². The molecular formula is C15H22BrNO. The molecule has 2 nitrogen and oxygen atoms in total. The lowest BCUT2D eigenvalue weighted by Crippen LogP contribution is -2.23. The van der Waals surface area contributed by atoms with Gasteiger partial charge in [-0.3, -0.25) is 0 Å². The van der Waals surface area contributed by atoms with Gasteiger partial charge >= 0.3 is 0 Å². The average Bonchev–Trinajstić information content (AvgIpc) is 2.99. The van der Waals surface area contributed by atoms with E-state index in [0.29, 0.717) is 5.41 Å². The molecule has 0 amide bonds. The van der Waals surface area contributed by atoms with Crippen LogP contribution in [0.15, 0.2) is 28.7 Å². The number of ether oxygens (including phenoxy) is 1. The number of halogens is 1. The van der Waals surface area contributed by atoms with E-state index in [1.54, 1.807) is 7.11 Å². The molecule has 0 aromatic heterocycles. The second-order valence-corrected chi connectivity index (χ2v) is 6.47. The molecule has 1 aromatic rings.